The zero-order valence-electron chi connectivity index (χ0n) is 4.19. The van der Waals surface area contributed by atoms with Gasteiger partial charge in [-0.05, 0) is 12.0 Å². The maximum Gasteiger partial charge on any atom is 0.205 e. The molecule has 0 saturated carbocycles. The molecular weight excluding hydrogens is 124 g/mol. The summed E-state index contributed by atoms with van der Waals surface area (Å²) in [6.07, 6.45) is 3.84. The van der Waals surface area contributed by atoms with Gasteiger partial charge in [-0.1, -0.05) is 23.6 Å². The van der Waals surface area contributed by atoms with Gasteiger partial charge in [0, 0.05) is 6.42 Å². The molecule has 1 rings (SSSR count). The molecule has 0 amide bonds. The van der Waals surface area contributed by atoms with E-state index in [9.17, 15) is 0 Å². The highest BCUT2D eigenvalue weighted by Gasteiger charge is 2.18. The van der Waals surface area contributed by atoms with Gasteiger partial charge in [-0.15, -0.1) is 0 Å². The standard InChI is InChI=1S/C6H5ClO/c7-6(8)4-2-1-3-5-6/h1-2,8H,4H2. The van der Waals surface area contributed by atoms with Gasteiger partial charge >= 0.3 is 0 Å². The SMILES string of the molecule is OC1(Cl)C#CC=CC1. The number of halogens is 1. The van der Waals surface area contributed by atoms with E-state index in [0.717, 1.165) is 0 Å². The van der Waals surface area contributed by atoms with Gasteiger partial charge < -0.3 is 5.11 Å². The zero-order chi connectivity index (χ0) is 6.04. The molecule has 0 aliphatic heterocycles. The Bertz CT molecular complexity index is 171. The fraction of sp³-hybridized carbons (Fsp3) is 0.333. The molecule has 0 aromatic heterocycles. The van der Waals surface area contributed by atoms with E-state index < -0.39 is 5.06 Å². The van der Waals surface area contributed by atoms with E-state index in [0.29, 0.717) is 6.42 Å². The molecule has 42 valence electrons. The first-order chi connectivity index (χ1) is 3.71. The Hall–Kier alpha value is -0.450. The Morgan fingerprint density at radius 3 is 2.75 bits per heavy atom. The van der Waals surface area contributed by atoms with Gasteiger partial charge in [0.1, 0.15) is 0 Å². The van der Waals surface area contributed by atoms with Crippen molar-refractivity contribution in [3.05, 3.63) is 12.2 Å². The molecule has 0 bridgehead atoms. The van der Waals surface area contributed by atoms with Crippen LogP contribution in [0.2, 0.25) is 0 Å². The summed E-state index contributed by atoms with van der Waals surface area (Å²) in [5, 5.41) is 7.62. The van der Waals surface area contributed by atoms with Gasteiger partial charge in [0.25, 0.3) is 0 Å². The molecule has 1 nitrogen and oxygen atoms in total. The molecule has 0 radical (unpaired) electrons. The van der Waals surface area contributed by atoms with Crippen LogP contribution in [-0.4, -0.2) is 10.2 Å². The molecule has 1 aliphatic carbocycles. The van der Waals surface area contributed by atoms with E-state index in [2.05, 4.69) is 11.8 Å². The minimum absolute atomic E-state index is 0.418. The highest BCUT2D eigenvalue weighted by Crippen LogP contribution is 2.16. The molecule has 1 unspecified atom stereocenters. The normalized spacial score (nSPS) is 33.8. The monoisotopic (exact) mass is 128 g/mol. The van der Waals surface area contributed by atoms with E-state index in [1.54, 1.807) is 12.2 Å². The Kier molecular flexibility index (Phi) is 1.29. The maximum atomic E-state index is 8.92. The van der Waals surface area contributed by atoms with Crippen molar-refractivity contribution >= 4 is 11.6 Å². The number of aliphatic hydroxyl groups is 1. The van der Waals surface area contributed by atoms with Crippen LogP contribution in [0.15, 0.2) is 12.2 Å². The quantitative estimate of drug-likeness (QED) is 0.379. The molecule has 2 heteroatoms. The number of rotatable bonds is 0. The van der Waals surface area contributed by atoms with Crippen LogP contribution in [0.4, 0.5) is 0 Å². The third-order valence-corrected chi connectivity index (χ3v) is 1.10. The minimum Gasteiger partial charge on any atom is -0.365 e. The number of alkyl halides is 1. The fourth-order valence-electron chi connectivity index (χ4n) is 0.477. The molecule has 1 atom stereocenters. The van der Waals surface area contributed by atoms with E-state index >= 15 is 0 Å². The van der Waals surface area contributed by atoms with E-state index in [1.807, 2.05) is 0 Å². The summed E-state index contributed by atoms with van der Waals surface area (Å²) in [5.74, 6) is 5.01. The summed E-state index contributed by atoms with van der Waals surface area (Å²) >= 11 is 5.40. The highest BCUT2D eigenvalue weighted by atomic mass is 35.5. The van der Waals surface area contributed by atoms with Crippen LogP contribution in [0.25, 0.3) is 0 Å². The Morgan fingerprint density at radius 1 is 1.75 bits per heavy atom. The molecule has 0 aromatic carbocycles. The smallest absolute Gasteiger partial charge is 0.205 e. The van der Waals surface area contributed by atoms with Crippen LogP contribution in [0, 0.1) is 11.8 Å². The second-order valence-electron chi connectivity index (χ2n) is 1.64. The molecule has 0 spiro atoms. The van der Waals surface area contributed by atoms with E-state index in [4.69, 9.17) is 16.7 Å². The van der Waals surface area contributed by atoms with Gasteiger partial charge in [0.05, 0.1) is 0 Å². The first-order valence-corrected chi connectivity index (χ1v) is 2.67. The van der Waals surface area contributed by atoms with Crippen molar-refractivity contribution in [2.45, 2.75) is 11.5 Å². The summed E-state index contributed by atoms with van der Waals surface area (Å²) in [6, 6.07) is 0. The fourth-order valence-corrected chi connectivity index (χ4v) is 0.621. The second-order valence-corrected chi connectivity index (χ2v) is 2.26. The van der Waals surface area contributed by atoms with Crippen molar-refractivity contribution in [1.82, 2.24) is 0 Å². The van der Waals surface area contributed by atoms with Crippen molar-refractivity contribution in [2.75, 3.05) is 0 Å². The van der Waals surface area contributed by atoms with Crippen LogP contribution >= 0.6 is 11.6 Å². The summed E-state index contributed by atoms with van der Waals surface area (Å²) < 4.78 is 0. The molecule has 0 fully saturated rings. The minimum atomic E-state index is -1.30. The van der Waals surface area contributed by atoms with Crippen LogP contribution < -0.4 is 0 Å². The first kappa shape index (κ1) is 5.68. The predicted octanol–water partition coefficient (Wildman–Crippen LogP) is 0.877. The lowest BCUT2D eigenvalue weighted by Crippen LogP contribution is -2.17. The maximum absolute atomic E-state index is 8.92. The molecule has 0 aromatic rings. The molecule has 1 aliphatic rings. The van der Waals surface area contributed by atoms with Crippen LogP contribution in [0.3, 0.4) is 0 Å². The lowest BCUT2D eigenvalue weighted by Gasteiger charge is -2.10. The van der Waals surface area contributed by atoms with Crippen molar-refractivity contribution in [3.8, 4) is 11.8 Å². The summed E-state index contributed by atoms with van der Waals surface area (Å²) in [5.41, 5.74) is 0. The Balaban J connectivity index is 2.75. The lowest BCUT2D eigenvalue weighted by atomic mass is 10.2. The highest BCUT2D eigenvalue weighted by molar-refractivity contribution is 6.24. The lowest BCUT2D eigenvalue weighted by molar-refractivity contribution is 0.192. The van der Waals surface area contributed by atoms with Crippen LogP contribution in [0.5, 0.6) is 0 Å². The first-order valence-electron chi connectivity index (χ1n) is 2.30. The number of hydrogen-bond acceptors (Lipinski definition) is 1. The third kappa shape index (κ3) is 1.26. The van der Waals surface area contributed by atoms with Gasteiger partial charge in [-0.25, -0.2) is 0 Å². The summed E-state index contributed by atoms with van der Waals surface area (Å²) in [6.45, 7) is 0. The van der Waals surface area contributed by atoms with Gasteiger partial charge in [-0.2, -0.15) is 0 Å². The average molecular weight is 129 g/mol. The van der Waals surface area contributed by atoms with Crippen molar-refractivity contribution < 1.29 is 5.11 Å². The summed E-state index contributed by atoms with van der Waals surface area (Å²) in [7, 11) is 0. The molecule has 0 heterocycles. The topological polar surface area (TPSA) is 20.2 Å². The van der Waals surface area contributed by atoms with Gasteiger partial charge in [-0.3, -0.25) is 0 Å². The molecule has 0 saturated heterocycles. The third-order valence-electron chi connectivity index (χ3n) is 0.853. The zero-order valence-corrected chi connectivity index (χ0v) is 4.94. The molecule has 1 N–H and O–H groups in total. The second kappa shape index (κ2) is 1.81. The van der Waals surface area contributed by atoms with Crippen LogP contribution in [0.1, 0.15) is 6.42 Å². The van der Waals surface area contributed by atoms with Crippen molar-refractivity contribution in [1.29, 1.82) is 0 Å². The average Bonchev–Trinajstić information content (AvgIpc) is 1.65. The Labute approximate surface area is 53.0 Å². The van der Waals surface area contributed by atoms with Crippen molar-refractivity contribution in [2.24, 2.45) is 0 Å². The molecular formula is C6H5ClO. The van der Waals surface area contributed by atoms with E-state index in [1.165, 1.54) is 0 Å². The van der Waals surface area contributed by atoms with Gasteiger partial charge in [0.2, 0.25) is 5.06 Å². The van der Waals surface area contributed by atoms with Crippen LogP contribution in [-0.2, 0) is 0 Å². The largest absolute Gasteiger partial charge is 0.365 e. The molecule has 8 heavy (non-hydrogen) atoms. The number of allylic oxidation sites excluding steroid dienone is 1. The predicted molar refractivity (Wildman–Crippen MR) is 32.3 cm³/mol. The van der Waals surface area contributed by atoms with E-state index in [-0.39, 0.29) is 0 Å². The number of hydrogen-bond donors (Lipinski definition) is 1. The summed E-state index contributed by atoms with van der Waals surface area (Å²) in [4.78, 5) is 0. The van der Waals surface area contributed by atoms with Crippen molar-refractivity contribution in [3.63, 3.8) is 0 Å². The Morgan fingerprint density at radius 2 is 2.50 bits per heavy atom. The van der Waals surface area contributed by atoms with Gasteiger partial charge in [0.15, 0.2) is 0 Å².